The fourth-order valence-electron chi connectivity index (χ4n) is 3.47. The molecular weight excluding hydrogens is 319 g/mol. The largest absolute Gasteiger partial charge is 0.476 e. The molecule has 25 heavy (non-hydrogen) atoms. The number of carboxylic acid groups (broad SMARTS) is 1. The van der Waals surface area contributed by atoms with Crippen LogP contribution in [-0.2, 0) is 11.8 Å². The van der Waals surface area contributed by atoms with Crippen LogP contribution in [0.3, 0.4) is 0 Å². The van der Waals surface area contributed by atoms with Gasteiger partial charge in [0.05, 0.1) is 0 Å². The Bertz CT molecular complexity index is 961. The van der Waals surface area contributed by atoms with E-state index in [1.54, 1.807) is 18.2 Å². The summed E-state index contributed by atoms with van der Waals surface area (Å²) in [6.07, 6.45) is 4.30. The Morgan fingerprint density at radius 1 is 1.08 bits per heavy atom. The minimum atomic E-state index is -1.06. The number of aromatic carboxylic acids is 1. The van der Waals surface area contributed by atoms with E-state index in [0.717, 1.165) is 16.8 Å². The highest BCUT2D eigenvalue weighted by molar-refractivity contribution is 5.91. The zero-order valence-corrected chi connectivity index (χ0v) is 13.2. The molecule has 124 valence electrons. The van der Waals surface area contributed by atoms with Gasteiger partial charge in [-0.25, -0.2) is 9.18 Å². The predicted octanol–water partition coefficient (Wildman–Crippen LogP) is 3.80. The average molecular weight is 334 g/mol. The topological polar surface area (TPSA) is 66.0 Å². The molecule has 3 aromatic rings. The van der Waals surface area contributed by atoms with Crippen LogP contribution in [-0.4, -0.2) is 21.3 Å². The van der Waals surface area contributed by atoms with Gasteiger partial charge in [-0.2, -0.15) is 5.10 Å². The van der Waals surface area contributed by atoms with Crippen molar-refractivity contribution in [3.05, 3.63) is 94.6 Å². The van der Waals surface area contributed by atoms with Gasteiger partial charge in [0.25, 0.3) is 0 Å². The number of fused-ring (bicyclic) bond motifs is 1. The van der Waals surface area contributed by atoms with E-state index in [-0.39, 0.29) is 11.5 Å². The summed E-state index contributed by atoms with van der Waals surface area (Å²) in [5.41, 5.74) is 2.86. The minimum absolute atomic E-state index is 0.0204. The number of nitrogens with one attached hydrogen (secondary N) is 1. The van der Waals surface area contributed by atoms with Crippen molar-refractivity contribution in [2.45, 2.75) is 11.8 Å². The molecule has 0 bridgehead atoms. The molecule has 1 aliphatic rings. The zero-order valence-electron chi connectivity index (χ0n) is 13.2. The third kappa shape index (κ3) is 2.45. The molecule has 0 fully saturated rings. The highest BCUT2D eigenvalue weighted by Gasteiger charge is 2.37. The molecule has 0 aliphatic heterocycles. The van der Waals surface area contributed by atoms with Gasteiger partial charge in [-0.1, -0.05) is 54.6 Å². The quantitative estimate of drug-likeness (QED) is 0.765. The third-order valence-corrected chi connectivity index (χ3v) is 4.72. The van der Waals surface area contributed by atoms with Crippen LogP contribution in [0.4, 0.5) is 4.39 Å². The second-order valence-electron chi connectivity index (χ2n) is 6.12. The van der Waals surface area contributed by atoms with Crippen molar-refractivity contribution in [1.29, 1.82) is 0 Å². The molecule has 0 amide bonds. The SMILES string of the molecule is O=C(O)c1n[nH]c2c1C=C[C@@](c1ccccc1)(c1ccc(F)cc1)C2. The lowest BCUT2D eigenvalue weighted by Crippen LogP contribution is -2.30. The summed E-state index contributed by atoms with van der Waals surface area (Å²) in [6.45, 7) is 0. The van der Waals surface area contributed by atoms with Crippen LogP contribution in [0.15, 0.2) is 60.7 Å². The van der Waals surface area contributed by atoms with Crippen LogP contribution < -0.4 is 0 Å². The van der Waals surface area contributed by atoms with E-state index in [1.807, 2.05) is 36.4 Å². The van der Waals surface area contributed by atoms with Crippen molar-refractivity contribution in [2.24, 2.45) is 0 Å². The predicted molar refractivity (Wildman–Crippen MR) is 91.9 cm³/mol. The molecule has 0 saturated carbocycles. The Labute approximate surface area is 143 Å². The maximum atomic E-state index is 13.4. The molecule has 4 rings (SSSR count). The average Bonchev–Trinajstić information content (AvgIpc) is 3.06. The number of H-pyrrole nitrogens is 1. The van der Waals surface area contributed by atoms with Crippen LogP contribution in [0.2, 0.25) is 0 Å². The molecule has 1 aromatic heterocycles. The fraction of sp³-hybridized carbons (Fsp3) is 0.100. The second-order valence-corrected chi connectivity index (χ2v) is 6.12. The molecule has 0 saturated heterocycles. The number of aromatic amines is 1. The van der Waals surface area contributed by atoms with Gasteiger partial charge in [0.2, 0.25) is 0 Å². The molecule has 0 unspecified atom stereocenters. The molecule has 0 spiro atoms. The van der Waals surface area contributed by atoms with Crippen LogP contribution in [0, 0.1) is 5.82 Å². The lowest BCUT2D eigenvalue weighted by Gasteiger charge is -2.34. The first-order valence-electron chi connectivity index (χ1n) is 7.91. The number of halogens is 1. The van der Waals surface area contributed by atoms with Gasteiger partial charge in [0.15, 0.2) is 5.69 Å². The zero-order chi connectivity index (χ0) is 17.4. The van der Waals surface area contributed by atoms with E-state index in [4.69, 9.17) is 0 Å². The molecule has 4 nitrogen and oxygen atoms in total. The normalized spacial score (nSPS) is 18.8. The second kappa shape index (κ2) is 5.70. The van der Waals surface area contributed by atoms with Gasteiger partial charge in [0.1, 0.15) is 5.82 Å². The van der Waals surface area contributed by atoms with E-state index in [9.17, 15) is 14.3 Å². The molecule has 1 heterocycles. The summed E-state index contributed by atoms with van der Waals surface area (Å²) in [4.78, 5) is 11.3. The van der Waals surface area contributed by atoms with Gasteiger partial charge in [-0.15, -0.1) is 0 Å². The van der Waals surface area contributed by atoms with Crippen molar-refractivity contribution in [3.8, 4) is 0 Å². The first-order valence-corrected chi connectivity index (χ1v) is 7.91. The number of hydrogen-bond acceptors (Lipinski definition) is 2. The Kier molecular flexibility index (Phi) is 3.50. The van der Waals surface area contributed by atoms with Crippen molar-refractivity contribution in [3.63, 3.8) is 0 Å². The molecule has 2 aromatic carbocycles. The lowest BCUT2D eigenvalue weighted by atomic mass is 9.68. The lowest BCUT2D eigenvalue weighted by molar-refractivity contribution is 0.0690. The van der Waals surface area contributed by atoms with E-state index in [0.29, 0.717) is 12.0 Å². The van der Waals surface area contributed by atoms with Crippen LogP contribution in [0.5, 0.6) is 0 Å². The maximum absolute atomic E-state index is 13.4. The summed E-state index contributed by atoms with van der Waals surface area (Å²) >= 11 is 0. The first-order chi connectivity index (χ1) is 12.1. The number of nitrogens with zero attached hydrogens (tertiary/aromatic N) is 1. The summed E-state index contributed by atoms with van der Waals surface area (Å²) in [7, 11) is 0. The van der Waals surface area contributed by atoms with E-state index >= 15 is 0 Å². The molecule has 0 radical (unpaired) electrons. The van der Waals surface area contributed by atoms with E-state index in [2.05, 4.69) is 10.2 Å². The molecular formula is C20H15FN2O2. The van der Waals surface area contributed by atoms with Gasteiger partial charge in [0, 0.05) is 23.1 Å². The number of carbonyl (C=O) groups is 1. The monoisotopic (exact) mass is 334 g/mol. The van der Waals surface area contributed by atoms with Crippen LogP contribution in [0.1, 0.15) is 32.9 Å². The highest BCUT2D eigenvalue weighted by atomic mass is 19.1. The summed E-state index contributed by atoms with van der Waals surface area (Å²) in [6, 6.07) is 16.3. The number of benzene rings is 2. The smallest absolute Gasteiger partial charge is 0.357 e. The van der Waals surface area contributed by atoms with Crippen molar-refractivity contribution < 1.29 is 14.3 Å². The standard InChI is InChI=1S/C20H15FN2O2/c21-15-8-6-14(7-9-15)20(13-4-2-1-3-5-13)11-10-16-17(12-20)22-23-18(16)19(24)25/h1-11H,12H2,(H,22,23)(H,24,25)/t20-/m1/s1. The van der Waals surface area contributed by atoms with Crippen molar-refractivity contribution >= 4 is 12.0 Å². The molecule has 1 aliphatic carbocycles. The summed E-state index contributed by atoms with van der Waals surface area (Å²) < 4.78 is 13.4. The van der Waals surface area contributed by atoms with Gasteiger partial charge >= 0.3 is 5.97 Å². The summed E-state index contributed by atoms with van der Waals surface area (Å²) in [5.74, 6) is -1.35. The Balaban J connectivity index is 1.90. The number of rotatable bonds is 3. The Morgan fingerprint density at radius 3 is 2.44 bits per heavy atom. The fourth-order valence-corrected chi connectivity index (χ4v) is 3.47. The van der Waals surface area contributed by atoms with Crippen LogP contribution in [0.25, 0.3) is 6.08 Å². The maximum Gasteiger partial charge on any atom is 0.357 e. The van der Waals surface area contributed by atoms with Crippen LogP contribution >= 0.6 is 0 Å². The third-order valence-electron chi connectivity index (χ3n) is 4.72. The van der Waals surface area contributed by atoms with E-state index in [1.165, 1.54) is 12.1 Å². The number of hydrogen-bond donors (Lipinski definition) is 2. The van der Waals surface area contributed by atoms with Crippen molar-refractivity contribution in [2.75, 3.05) is 0 Å². The minimum Gasteiger partial charge on any atom is -0.476 e. The highest BCUT2D eigenvalue weighted by Crippen LogP contribution is 2.41. The van der Waals surface area contributed by atoms with E-state index < -0.39 is 11.4 Å². The molecule has 1 atom stereocenters. The number of aromatic nitrogens is 2. The molecule has 5 heteroatoms. The van der Waals surface area contributed by atoms with Gasteiger partial charge in [-0.3, -0.25) is 5.10 Å². The van der Waals surface area contributed by atoms with Gasteiger partial charge in [-0.05, 0) is 23.3 Å². The Morgan fingerprint density at radius 2 is 1.76 bits per heavy atom. The first kappa shape index (κ1) is 15.3. The number of carboxylic acids is 1. The van der Waals surface area contributed by atoms with Crippen molar-refractivity contribution in [1.82, 2.24) is 10.2 Å². The molecule has 2 N–H and O–H groups in total. The number of allylic oxidation sites excluding steroid dienone is 1. The summed E-state index contributed by atoms with van der Waals surface area (Å²) in [5, 5.41) is 16.1. The van der Waals surface area contributed by atoms with Gasteiger partial charge < -0.3 is 5.11 Å². The Hall–Kier alpha value is -3.21.